The molecule has 2 rings (SSSR count). The first-order valence-electron chi connectivity index (χ1n) is 6.91. The maximum absolute atomic E-state index is 6.51. The number of benzene rings is 1. The van der Waals surface area contributed by atoms with E-state index in [1.165, 1.54) is 0 Å². The number of nitrogens with two attached hydrogens (primary N) is 1. The molecule has 4 nitrogen and oxygen atoms in total. The summed E-state index contributed by atoms with van der Waals surface area (Å²) in [4.78, 5) is 2.47. The van der Waals surface area contributed by atoms with Gasteiger partial charge in [-0.1, -0.05) is 12.1 Å². The number of nitrogens with zero attached hydrogens (tertiary/aromatic N) is 1. The molecule has 1 aliphatic heterocycles. The molecule has 0 aromatic heterocycles. The highest BCUT2D eigenvalue weighted by atomic mass is 16.5. The lowest BCUT2D eigenvalue weighted by Gasteiger charge is -2.45. The van der Waals surface area contributed by atoms with Crippen LogP contribution in [0.15, 0.2) is 24.3 Å². The molecule has 0 saturated carbocycles. The molecule has 1 atom stereocenters. The van der Waals surface area contributed by atoms with Gasteiger partial charge in [0.05, 0.1) is 7.11 Å². The van der Waals surface area contributed by atoms with Gasteiger partial charge in [-0.25, -0.2) is 0 Å². The van der Waals surface area contributed by atoms with E-state index >= 15 is 0 Å². The first-order chi connectivity index (χ1) is 9.05. The van der Waals surface area contributed by atoms with E-state index in [-0.39, 0.29) is 11.6 Å². The average molecular weight is 263 g/mol. The van der Waals surface area contributed by atoms with Crippen LogP contribution in [0, 0.1) is 0 Å². The number of methoxy groups -OCH3 is 1. The molecule has 1 saturated heterocycles. The van der Waals surface area contributed by atoms with Gasteiger partial charge in [0.25, 0.3) is 0 Å². The van der Waals surface area contributed by atoms with Gasteiger partial charge < -0.3 is 15.8 Å². The molecule has 0 radical (unpaired) electrons. The van der Waals surface area contributed by atoms with E-state index in [2.05, 4.69) is 30.1 Å². The molecule has 106 valence electrons. The predicted octanol–water partition coefficient (Wildman–Crippen LogP) is 1.38. The highest BCUT2D eigenvalue weighted by molar-refractivity contribution is 5.32. The standard InChI is InChI=1S/C15H25N3O/c1-15(2,18-9-7-17-8-10-18)14(16)12-5-4-6-13(11-12)19-3/h4-6,11,14,17H,7-10,16H2,1-3H3. The summed E-state index contributed by atoms with van der Waals surface area (Å²) in [5.74, 6) is 0.865. The molecule has 19 heavy (non-hydrogen) atoms. The second-order valence-electron chi connectivity index (χ2n) is 5.64. The molecule has 0 spiro atoms. The van der Waals surface area contributed by atoms with Gasteiger partial charge in [-0.2, -0.15) is 0 Å². The highest BCUT2D eigenvalue weighted by Gasteiger charge is 2.34. The minimum atomic E-state index is -0.0610. The van der Waals surface area contributed by atoms with E-state index < -0.39 is 0 Å². The van der Waals surface area contributed by atoms with Crippen molar-refractivity contribution in [1.82, 2.24) is 10.2 Å². The average Bonchev–Trinajstić information content (AvgIpc) is 2.47. The smallest absolute Gasteiger partial charge is 0.119 e. The van der Waals surface area contributed by atoms with Gasteiger partial charge in [0.2, 0.25) is 0 Å². The van der Waals surface area contributed by atoms with Gasteiger partial charge in [0.15, 0.2) is 0 Å². The summed E-state index contributed by atoms with van der Waals surface area (Å²) in [5.41, 5.74) is 7.58. The van der Waals surface area contributed by atoms with Crippen molar-refractivity contribution >= 4 is 0 Å². The Morgan fingerprint density at radius 2 is 2.00 bits per heavy atom. The van der Waals surface area contributed by atoms with E-state index in [1.807, 2.05) is 18.2 Å². The van der Waals surface area contributed by atoms with Crippen LogP contribution in [0.4, 0.5) is 0 Å². The molecule has 0 aliphatic carbocycles. The summed E-state index contributed by atoms with van der Waals surface area (Å²) in [5, 5.41) is 3.38. The molecule has 1 fully saturated rings. The molecular formula is C15H25N3O. The minimum absolute atomic E-state index is 0.0271. The molecule has 3 N–H and O–H groups in total. The van der Waals surface area contributed by atoms with E-state index in [0.717, 1.165) is 37.5 Å². The number of ether oxygens (including phenoxy) is 1. The lowest BCUT2D eigenvalue weighted by Crippen LogP contribution is -2.57. The Hall–Kier alpha value is -1.10. The van der Waals surface area contributed by atoms with Gasteiger partial charge in [-0.15, -0.1) is 0 Å². The summed E-state index contributed by atoms with van der Waals surface area (Å²) in [6.07, 6.45) is 0. The number of hydrogen-bond donors (Lipinski definition) is 2. The Labute approximate surface area is 115 Å². The molecule has 4 heteroatoms. The van der Waals surface area contributed by atoms with Crippen LogP contribution in [0.3, 0.4) is 0 Å². The van der Waals surface area contributed by atoms with Crippen LogP contribution in [0.5, 0.6) is 5.75 Å². The molecule has 1 aromatic rings. The molecule has 1 aromatic carbocycles. The third kappa shape index (κ3) is 3.08. The van der Waals surface area contributed by atoms with Crippen molar-refractivity contribution in [3.8, 4) is 5.75 Å². The minimum Gasteiger partial charge on any atom is -0.497 e. The Kier molecular flexibility index (Phi) is 4.45. The van der Waals surface area contributed by atoms with Gasteiger partial charge in [-0.3, -0.25) is 4.90 Å². The Morgan fingerprint density at radius 1 is 1.32 bits per heavy atom. The van der Waals surface area contributed by atoms with Gasteiger partial charge in [0.1, 0.15) is 5.75 Å². The summed E-state index contributed by atoms with van der Waals surface area (Å²) < 4.78 is 5.28. The van der Waals surface area contributed by atoms with E-state index in [0.29, 0.717) is 0 Å². The van der Waals surface area contributed by atoms with Crippen molar-refractivity contribution in [3.63, 3.8) is 0 Å². The van der Waals surface area contributed by atoms with Gasteiger partial charge in [0, 0.05) is 37.8 Å². The lowest BCUT2D eigenvalue weighted by atomic mass is 9.87. The van der Waals surface area contributed by atoms with Crippen molar-refractivity contribution < 1.29 is 4.74 Å². The van der Waals surface area contributed by atoms with Gasteiger partial charge in [-0.05, 0) is 31.5 Å². The van der Waals surface area contributed by atoms with Crippen LogP contribution < -0.4 is 15.8 Å². The molecule has 1 heterocycles. The van der Waals surface area contributed by atoms with E-state index in [9.17, 15) is 0 Å². The summed E-state index contributed by atoms with van der Waals surface area (Å²) >= 11 is 0. The Morgan fingerprint density at radius 3 is 2.63 bits per heavy atom. The maximum Gasteiger partial charge on any atom is 0.119 e. The second-order valence-corrected chi connectivity index (χ2v) is 5.64. The van der Waals surface area contributed by atoms with E-state index in [4.69, 9.17) is 10.5 Å². The lowest BCUT2D eigenvalue weighted by molar-refractivity contribution is 0.0800. The van der Waals surface area contributed by atoms with Crippen LogP contribution in [0.25, 0.3) is 0 Å². The summed E-state index contributed by atoms with van der Waals surface area (Å²) in [7, 11) is 1.69. The molecule has 0 amide bonds. The molecule has 0 bridgehead atoms. The number of rotatable bonds is 4. The zero-order valence-corrected chi connectivity index (χ0v) is 12.1. The summed E-state index contributed by atoms with van der Waals surface area (Å²) in [6, 6.07) is 8.04. The quantitative estimate of drug-likeness (QED) is 0.861. The largest absolute Gasteiger partial charge is 0.497 e. The van der Waals surface area contributed by atoms with Crippen LogP contribution in [-0.4, -0.2) is 43.7 Å². The van der Waals surface area contributed by atoms with E-state index in [1.54, 1.807) is 7.11 Å². The fourth-order valence-electron chi connectivity index (χ4n) is 2.68. The van der Waals surface area contributed by atoms with Crippen molar-refractivity contribution in [2.45, 2.75) is 25.4 Å². The third-order valence-corrected chi connectivity index (χ3v) is 4.15. The summed E-state index contributed by atoms with van der Waals surface area (Å²) in [6.45, 7) is 8.61. The SMILES string of the molecule is COc1cccc(C(N)C(C)(C)N2CCNCC2)c1. The maximum atomic E-state index is 6.51. The number of nitrogens with one attached hydrogen (secondary N) is 1. The number of hydrogen-bond acceptors (Lipinski definition) is 4. The topological polar surface area (TPSA) is 50.5 Å². The van der Waals surface area contributed by atoms with Crippen molar-refractivity contribution in [2.24, 2.45) is 5.73 Å². The normalized spacial score (nSPS) is 19.2. The van der Waals surface area contributed by atoms with Crippen molar-refractivity contribution in [1.29, 1.82) is 0 Å². The van der Waals surface area contributed by atoms with Gasteiger partial charge >= 0.3 is 0 Å². The molecular weight excluding hydrogens is 238 g/mol. The first kappa shape index (κ1) is 14.3. The third-order valence-electron chi connectivity index (χ3n) is 4.15. The fourth-order valence-corrected chi connectivity index (χ4v) is 2.68. The van der Waals surface area contributed by atoms with Crippen LogP contribution >= 0.6 is 0 Å². The van der Waals surface area contributed by atoms with Crippen LogP contribution in [0.2, 0.25) is 0 Å². The van der Waals surface area contributed by atoms with Crippen LogP contribution in [0.1, 0.15) is 25.5 Å². The fraction of sp³-hybridized carbons (Fsp3) is 0.600. The number of piperazine rings is 1. The van der Waals surface area contributed by atoms with Crippen molar-refractivity contribution in [3.05, 3.63) is 29.8 Å². The second kappa shape index (κ2) is 5.90. The zero-order valence-electron chi connectivity index (χ0n) is 12.1. The van der Waals surface area contributed by atoms with Crippen molar-refractivity contribution in [2.75, 3.05) is 33.3 Å². The Balaban J connectivity index is 2.18. The molecule has 1 aliphatic rings. The predicted molar refractivity (Wildman–Crippen MR) is 78.4 cm³/mol. The first-order valence-corrected chi connectivity index (χ1v) is 6.91. The van der Waals surface area contributed by atoms with Crippen LogP contribution in [-0.2, 0) is 0 Å². The zero-order chi connectivity index (χ0) is 13.9. The molecule has 1 unspecified atom stereocenters. The Bertz CT molecular complexity index is 414. The highest BCUT2D eigenvalue weighted by Crippen LogP contribution is 2.30. The monoisotopic (exact) mass is 263 g/mol.